The zero-order chi connectivity index (χ0) is 22.8. The van der Waals surface area contributed by atoms with Crippen LogP contribution in [0.1, 0.15) is 5.56 Å². The number of nitrogens with one attached hydrogen (secondary N) is 1. The molecule has 0 aromatic heterocycles. The van der Waals surface area contributed by atoms with E-state index in [1.165, 1.54) is 12.0 Å². The fraction of sp³-hybridized carbons (Fsp3) is 0.111. The van der Waals surface area contributed by atoms with E-state index in [2.05, 4.69) is 5.32 Å². The minimum Gasteiger partial charge on any atom is -0.467 e. The molecule has 0 radical (unpaired) electrons. The molecule has 5 rings (SSSR count). The Balaban J connectivity index is 1.45. The first-order valence-electron chi connectivity index (χ1n) is 10.7. The van der Waals surface area contributed by atoms with E-state index in [9.17, 15) is 9.59 Å². The number of esters is 1. The quantitative estimate of drug-likeness (QED) is 0.423. The van der Waals surface area contributed by atoms with Gasteiger partial charge in [0.2, 0.25) is 0 Å². The Labute approximate surface area is 191 Å². The standard InChI is InChI=1S/C27H22N2O4/c1-32-26(30)21(17-18-14-15-19-8-2-3-9-20(19)16-18)28-27(31)29-22-10-4-6-12-24(22)33-25-13-7-5-11-23(25)29/h2-16,21H,17H2,1H3,(H,28,31)/t21-/m1/s1. The number of anilines is 2. The summed E-state index contributed by atoms with van der Waals surface area (Å²) in [6.07, 6.45) is 0.302. The average Bonchev–Trinajstić information content (AvgIpc) is 2.86. The molecule has 1 aliphatic heterocycles. The van der Waals surface area contributed by atoms with Gasteiger partial charge in [0.15, 0.2) is 11.5 Å². The molecule has 0 bridgehead atoms. The molecule has 6 heteroatoms. The number of hydrogen-bond donors (Lipinski definition) is 1. The van der Waals surface area contributed by atoms with E-state index in [4.69, 9.17) is 9.47 Å². The van der Waals surface area contributed by atoms with Crippen LogP contribution in [-0.4, -0.2) is 25.2 Å². The Bertz CT molecular complexity index is 1310. The van der Waals surface area contributed by atoms with Crippen molar-refractivity contribution in [3.05, 3.63) is 96.6 Å². The molecule has 0 unspecified atom stereocenters. The number of carbonyl (C=O) groups is 2. The predicted octanol–water partition coefficient (Wildman–Crippen LogP) is 5.58. The third-order valence-electron chi connectivity index (χ3n) is 5.67. The van der Waals surface area contributed by atoms with Gasteiger partial charge in [-0.25, -0.2) is 9.59 Å². The molecule has 1 heterocycles. The van der Waals surface area contributed by atoms with Crippen molar-refractivity contribution in [1.82, 2.24) is 5.32 Å². The number of hydrogen-bond acceptors (Lipinski definition) is 4. The number of ether oxygens (including phenoxy) is 2. The van der Waals surface area contributed by atoms with Crippen molar-refractivity contribution < 1.29 is 19.1 Å². The number of rotatable bonds is 4. The van der Waals surface area contributed by atoms with Gasteiger partial charge in [0.1, 0.15) is 6.04 Å². The monoisotopic (exact) mass is 438 g/mol. The normalized spacial score (nSPS) is 12.8. The van der Waals surface area contributed by atoms with Crippen molar-refractivity contribution in [3.63, 3.8) is 0 Å². The van der Waals surface area contributed by atoms with Crippen molar-refractivity contribution in [2.24, 2.45) is 0 Å². The maximum atomic E-state index is 13.5. The smallest absolute Gasteiger partial charge is 0.328 e. The largest absolute Gasteiger partial charge is 0.467 e. The third-order valence-corrected chi connectivity index (χ3v) is 5.67. The average molecular weight is 438 g/mol. The Morgan fingerprint density at radius 1 is 0.848 bits per heavy atom. The van der Waals surface area contributed by atoms with Crippen LogP contribution in [0, 0.1) is 0 Å². The Hall–Kier alpha value is -4.32. The lowest BCUT2D eigenvalue weighted by molar-refractivity contribution is -0.142. The van der Waals surface area contributed by atoms with Crippen molar-refractivity contribution in [2.45, 2.75) is 12.5 Å². The van der Waals surface area contributed by atoms with Gasteiger partial charge in [-0.1, -0.05) is 66.7 Å². The molecule has 6 nitrogen and oxygen atoms in total. The van der Waals surface area contributed by atoms with Gasteiger partial charge in [-0.2, -0.15) is 0 Å². The van der Waals surface area contributed by atoms with Gasteiger partial charge in [0.05, 0.1) is 18.5 Å². The molecule has 0 saturated carbocycles. The van der Waals surface area contributed by atoms with Crippen LogP contribution in [0.3, 0.4) is 0 Å². The van der Waals surface area contributed by atoms with Gasteiger partial charge >= 0.3 is 12.0 Å². The number of urea groups is 1. The molecule has 0 saturated heterocycles. The third kappa shape index (κ3) is 3.99. The number of nitrogens with zero attached hydrogens (tertiary/aromatic N) is 1. The van der Waals surface area contributed by atoms with Crippen molar-refractivity contribution in [2.75, 3.05) is 12.0 Å². The summed E-state index contributed by atoms with van der Waals surface area (Å²) in [5.74, 6) is 0.623. The molecule has 0 fully saturated rings. The first kappa shape index (κ1) is 20.6. The lowest BCUT2D eigenvalue weighted by atomic mass is 10.0. The highest BCUT2D eigenvalue weighted by atomic mass is 16.5. The number of para-hydroxylation sites is 4. The van der Waals surface area contributed by atoms with Gasteiger partial charge in [-0.15, -0.1) is 0 Å². The molecular formula is C27H22N2O4. The van der Waals surface area contributed by atoms with Crippen molar-refractivity contribution in [1.29, 1.82) is 0 Å². The number of carbonyl (C=O) groups excluding carboxylic acids is 2. The fourth-order valence-corrected chi connectivity index (χ4v) is 4.07. The van der Waals surface area contributed by atoms with E-state index in [0.29, 0.717) is 29.3 Å². The first-order chi connectivity index (χ1) is 16.1. The molecule has 2 amide bonds. The Kier molecular flexibility index (Phi) is 5.40. The topological polar surface area (TPSA) is 67.9 Å². The molecule has 1 N–H and O–H groups in total. The second-order valence-electron chi connectivity index (χ2n) is 7.78. The fourth-order valence-electron chi connectivity index (χ4n) is 4.07. The summed E-state index contributed by atoms with van der Waals surface area (Å²) < 4.78 is 11.0. The Morgan fingerprint density at radius 2 is 1.45 bits per heavy atom. The summed E-state index contributed by atoms with van der Waals surface area (Å²) in [4.78, 5) is 27.6. The van der Waals surface area contributed by atoms with E-state index in [-0.39, 0.29) is 0 Å². The number of amides is 2. The van der Waals surface area contributed by atoms with Crippen molar-refractivity contribution in [3.8, 4) is 11.5 Å². The summed E-state index contributed by atoms with van der Waals surface area (Å²) in [5.41, 5.74) is 2.12. The molecule has 0 spiro atoms. The van der Waals surface area contributed by atoms with Gasteiger partial charge in [-0.3, -0.25) is 4.90 Å². The molecular weight excluding hydrogens is 416 g/mol. The highest BCUT2D eigenvalue weighted by molar-refractivity contribution is 6.04. The van der Waals surface area contributed by atoms with Gasteiger partial charge < -0.3 is 14.8 Å². The van der Waals surface area contributed by atoms with Crippen LogP contribution in [0.4, 0.5) is 16.2 Å². The van der Waals surface area contributed by atoms with Crippen LogP contribution < -0.4 is 15.0 Å². The van der Waals surface area contributed by atoms with Gasteiger partial charge in [-0.05, 0) is 40.6 Å². The summed E-state index contributed by atoms with van der Waals surface area (Å²) in [5, 5.41) is 5.06. The first-order valence-corrected chi connectivity index (χ1v) is 10.7. The minimum absolute atomic E-state index is 0.302. The Morgan fingerprint density at radius 3 is 2.12 bits per heavy atom. The van der Waals surface area contributed by atoms with Crippen LogP contribution in [-0.2, 0) is 16.0 Å². The predicted molar refractivity (Wildman–Crippen MR) is 127 cm³/mol. The lowest BCUT2D eigenvalue weighted by Gasteiger charge is -2.32. The van der Waals surface area contributed by atoms with Crippen LogP contribution in [0.2, 0.25) is 0 Å². The van der Waals surface area contributed by atoms with Crippen LogP contribution in [0.5, 0.6) is 11.5 Å². The van der Waals surface area contributed by atoms with Crippen LogP contribution in [0.15, 0.2) is 91.0 Å². The van der Waals surface area contributed by atoms with Gasteiger partial charge in [0, 0.05) is 6.42 Å². The van der Waals surface area contributed by atoms with E-state index in [1.807, 2.05) is 66.7 Å². The summed E-state index contributed by atoms with van der Waals surface area (Å²) in [7, 11) is 1.32. The zero-order valence-corrected chi connectivity index (χ0v) is 18.0. The molecule has 33 heavy (non-hydrogen) atoms. The molecule has 1 atom stereocenters. The highest BCUT2D eigenvalue weighted by Gasteiger charge is 2.32. The van der Waals surface area contributed by atoms with E-state index in [0.717, 1.165) is 16.3 Å². The molecule has 1 aliphatic rings. The minimum atomic E-state index is -0.856. The summed E-state index contributed by atoms with van der Waals surface area (Å²) >= 11 is 0. The van der Waals surface area contributed by atoms with E-state index in [1.54, 1.807) is 24.3 Å². The second kappa shape index (κ2) is 8.67. The molecule has 4 aromatic carbocycles. The van der Waals surface area contributed by atoms with E-state index < -0.39 is 18.0 Å². The molecule has 164 valence electrons. The summed E-state index contributed by atoms with van der Waals surface area (Å²) in [6, 6.07) is 27.3. The SMILES string of the molecule is COC(=O)[C@@H](Cc1ccc2ccccc2c1)NC(=O)N1c2ccccc2Oc2ccccc21. The molecule has 0 aliphatic carbocycles. The maximum absolute atomic E-state index is 13.5. The summed E-state index contributed by atoms with van der Waals surface area (Å²) in [6.45, 7) is 0. The van der Waals surface area contributed by atoms with Crippen LogP contribution in [0.25, 0.3) is 10.8 Å². The highest BCUT2D eigenvalue weighted by Crippen LogP contribution is 2.46. The number of methoxy groups -OCH3 is 1. The van der Waals surface area contributed by atoms with Gasteiger partial charge in [0.25, 0.3) is 0 Å². The number of benzene rings is 4. The molecule has 4 aromatic rings. The van der Waals surface area contributed by atoms with Crippen LogP contribution >= 0.6 is 0 Å². The maximum Gasteiger partial charge on any atom is 0.328 e. The number of fused-ring (bicyclic) bond motifs is 3. The zero-order valence-electron chi connectivity index (χ0n) is 18.0. The van der Waals surface area contributed by atoms with E-state index >= 15 is 0 Å². The van der Waals surface area contributed by atoms with Crippen molar-refractivity contribution >= 4 is 34.1 Å². The second-order valence-corrected chi connectivity index (χ2v) is 7.78. The lowest BCUT2D eigenvalue weighted by Crippen LogP contribution is -2.48.